The number of hydrogen-bond acceptors (Lipinski definition) is 6. The number of aliphatic hydroxyl groups is 1. The van der Waals surface area contributed by atoms with Gasteiger partial charge in [0.25, 0.3) is 0 Å². The molecule has 0 amide bonds. The van der Waals surface area contributed by atoms with Crippen molar-refractivity contribution in [1.82, 2.24) is 25.3 Å². The first-order valence-electron chi connectivity index (χ1n) is 5.93. The van der Waals surface area contributed by atoms with E-state index >= 15 is 0 Å². The molecule has 0 saturated heterocycles. The van der Waals surface area contributed by atoms with Gasteiger partial charge in [0, 0.05) is 12.6 Å². The van der Waals surface area contributed by atoms with E-state index in [1.54, 1.807) is 6.07 Å². The van der Waals surface area contributed by atoms with Crippen LogP contribution in [-0.4, -0.2) is 43.0 Å². The Morgan fingerprint density at radius 1 is 1.39 bits per heavy atom. The summed E-state index contributed by atoms with van der Waals surface area (Å²) >= 11 is 0. The van der Waals surface area contributed by atoms with E-state index in [-0.39, 0.29) is 18.1 Å². The maximum atomic E-state index is 9.12. The number of aromatic nitrogens is 5. The molecule has 7 nitrogen and oxygen atoms in total. The van der Waals surface area contributed by atoms with Crippen LogP contribution in [0.15, 0.2) is 12.1 Å². The van der Waals surface area contributed by atoms with E-state index in [1.165, 1.54) is 4.63 Å². The van der Waals surface area contributed by atoms with Crippen LogP contribution in [0.3, 0.4) is 0 Å². The Bertz CT molecular complexity index is 517. The van der Waals surface area contributed by atoms with Gasteiger partial charge in [0.15, 0.2) is 5.65 Å². The maximum Gasteiger partial charge on any atom is 0.200 e. The minimum absolute atomic E-state index is 0.0278. The summed E-state index contributed by atoms with van der Waals surface area (Å²) < 4.78 is 1.38. The second-order valence-corrected chi connectivity index (χ2v) is 5.32. The van der Waals surface area contributed by atoms with E-state index in [4.69, 9.17) is 5.11 Å². The number of rotatable bonds is 4. The highest BCUT2D eigenvalue weighted by Crippen LogP contribution is 2.24. The van der Waals surface area contributed by atoms with Crippen molar-refractivity contribution < 1.29 is 5.11 Å². The monoisotopic (exact) mass is 250 g/mol. The number of anilines is 1. The van der Waals surface area contributed by atoms with Gasteiger partial charge in [-0.3, -0.25) is 0 Å². The smallest absolute Gasteiger partial charge is 0.200 e. The molecule has 0 spiro atoms. The van der Waals surface area contributed by atoms with Crippen molar-refractivity contribution in [1.29, 1.82) is 0 Å². The van der Waals surface area contributed by atoms with Crippen molar-refractivity contribution in [2.75, 3.05) is 11.9 Å². The van der Waals surface area contributed by atoms with Crippen LogP contribution in [0, 0.1) is 5.41 Å². The van der Waals surface area contributed by atoms with Gasteiger partial charge in [0.1, 0.15) is 5.82 Å². The molecule has 0 saturated carbocycles. The Labute approximate surface area is 105 Å². The normalized spacial score (nSPS) is 13.8. The van der Waals surface area contributed by atoms with Crippen LogP contribution in [0.1, 0.15) is 27.2 Å². The Hall–Kier alpha value is -1.76. The quantitative estimate of drug-likeness (QED) is 0.831. The highest BCUT2D eigenvalue weighted by molar-refractivity contribution is 5.42. The molecule has 2 aromatic heterocycles. The molecule has 0 fully saturated rings. The number of nitrogens with zero attached hydrogens (tertiary/aromatic N) is 5. The molecule has 0 aliphatic carbocycles. The lowest BCUT2D eigenvalue weighted by Crippen LogP contribution is -2.35. The van der Waals surface area contributed by atoms with Gasteiger partial charge < -0.3 is 10.4 Å². The first-order valence-corrected chi connectivity index (χ1v) is 5.93. The fourth-order valence-electron chi connectivity index (χ4n) is 1.76. The van der Waals surface area contributed by atoms with Crippen molar-refractivity contribution in [3.05, 3.63) is 12.1 Å². The molecule has 0 aromatic carbocycles. The first-order chi connectivity index (χ1) is 8.50. The van der Waals surface area contributed by atoms with Crippen molar-refractivity contribution in [3.8, 4) is 0 Å². The molecule has 1 unspecified atom stereocenters. The lowest BCUT2D eigenvalue weighted by atomic mass is 9.85. The lowest BCUT2D eigenvalue weighted by molar-refractivity contribution is 0.235. The summed E-state index contributed by atoms with van der Waals surface area (Å²) in [5.74, 6) is 0.697. The number of hydrogen-bond donors (Lipinski definition) is 2. The van der Waals surface area contributed by atoms with Gasteiger partial charge >= 0.3 is 0 Å². The van der Waals surface area contributed by atoms with Gasteiger partial charge in [0.05, 0.1) is 0 Å². The first kappa shape index (κ1) is 12.7. The zero-order valence-corrected chi connectivity index (χ0v) is 10.8. The van der Waals surface area contributed by atoms with Crippen molar-refractivity contribution in [3.63, 3.8) is 0 Å². The Morgan fingerprint density at radius 2 is 2.17 bits per heavy atom. The van der Waals surface area contributed by atoms with Crippen LogP contribution in [0.2, 0.25) is 0 Å². The fourth-order valence-corrected chi connectivity index (χ4v) is 1.76. The SMILES string of the molecule is CC(C)(C)C(CCO)Nc1ccc2nnnn2n1. The molecule has 0 aliphatic rings. The topological polar surface area (TPSA) is 88.2 Å². The highest BCUT2D eigenvalue weighted by atomic mass is 16.3. The van der Waals surface area contributed by atoms with E-state index in [1.807, 2.05) is 6.07 Å². The van der Waals surface area contributed by atoms with Gasteiger partial charge in [0.2, 0.25) is 0 Å². The molecule has 0 bridgehead atoms. The van der Waals surface area contributed by atoms with E-state index in [0.717, 1.165) is 0 Å². The molecule has 7 heteroatoms. The summed E-state index contributed by atoms with van der Waals surface area (Å²) in [5, 5.41) is 27.8. The van der Waals surface area contributed by atoms with Crippen LogP contribution in [0.4, 0.5) is 5.82 Å². The average molecular weight is 250 g/mol. The second kappa shape index (κ2) is 4.85. The van der Waals surface area contributed by atoms with Crippen molar-refractivity contribution in [2.45, 2.75) is 33.2 Å². The predicted octanol–water partition coefficient (Wildman–Crippen LogP) is 0.728. The third kappa shape index (κ3) is 2.73. The summed E-state index contributed by atoms with van der Waals surface area (Å²) in [6.45, 7) is 6.50. The zero-order valence-electron chi connectivity index (χ0n) is 10.8. The molecule has 0 aliphatic heterocycles. The molecule has 2 aromatic rings. The highest BCUT2D eigenvalue weighted by Gasteiger charge is 2.24. The molecular weight excluding hydrogens is 232 g/mol. The lowest BCUT2D eigenvalue weighted by Gasteiger charge is -2.31. The number of nitrogens with one attached hydrogen (secondary N) is 1. The maximum absolute atomic E-state index is 9.12. The van der Waals surface area contributed by atoms with Crippen molar-refractivity contribution >= 4 is 11.5 Å². The van der Waals surface area contributed by atoms with Crippen LogP contribution in [0.25, 0.3) is 5.65 Å². The third-order valence-electron chi connectivity index (χ3n) is 2.85. The standard InChI is InChI=1S/C11H18N6O/c1-11(2,3)8(6-7-18)12-9-4-5-10-13-15-16-17(10)14-9/h4-5,8,18H,6-7H2,1-3H3,(H,12,14). The molecule has 2 heterocycles. The van der Waals surface area contributed by atoms with Crippen LogP contribution in [0.5, 0.6) is 0 Å². The Kier molecular flexibility index (Phi) is 3.42. The molecule has 2 N–H and O–H groups in total. The number of tetrazole rings is 1. The van der Waals surface area contributed by atoms with E-state index in [0.29, 0.717) is 17.9 Å². The van der Waals surface area contributed by atoms with Crippen LogP contribution in [-0.2, 0) is 0 Å². The molecule has 1 atom stereocenters. The molecule has 0 radical (unpaired) electrons. The van der Waals surface area contributed by atoms with Crippen LogP contribution >= 0.6 is 0 Å². The Morgan fingerprint density at radius 3 is 2.83 bits per heavy atom. The van der Waals surface area contributed by atoms with Gasteiger partial charge in [-0.25, -0.2) is 0 Å². The largest absolute Gasteiger partial charge is 0.396 e. The minimum Gasteiger partial charge on any atom is -0.396 e. The zero-order chi connectivity index (χ0) is 13.2. The molecule has 2 rings (SSSR count). The summed E-state index contributed by atoms with van der Waals surface area (Å²) in [6.07, 6.45) is 0.666. The molecular formula is C11H18N6O. The summed E-state index contributed by atoms with van der Waals surface area (Å²) in [6, 6.07) is 3.76. The Balaban J connectivity index is 2.19. The van der Waals surface area contributed by atoms with E-state index in [2.05, 4.69) is 46.7 Å². The molecule has 98 valence electrons. The average Bonchev–Trinajstić information content (AvgIpc) is 2.74. The summed E-state index contributed by atoms with van der Waals surface area (Å²) in [5.41, 5.74) is 0.634. The second-order valence-electron chi connectivity index (χ2n) is 5.32. The van der Waals surface area contributed by atoms with Crippen LogP contribution < -0.4 is 5.32 Å². The van der Waals surface area contributed by atoms with Crippen molar-refractivity contribution in [2.24, 2.45) is 5.41 Å². The summed E-state index contributed by atoms with van der Waals surface area (Å²) in [4.78, 5) is 0. The summed E-state index contributed by atoms with van der Waals surface area (Å²) in [7, 11) is 0. The van der Waals surface area contributed by atoms with Gasteiger partial charge in [-0.2, -0.15) is 0 Å². The molecule has 18 heavy (non-hydrogen) atoms. The van der Waals surface area contributed by atoms with Gasteiger partial charge in [-0.15, -0.1) is 14.8 Å². The number of fused-ring (bicyclic) bond motifs is 1. The van der Waals surface area contributed by atoms with E-state index in [9.17, 15) is 0 Å². The third-order valence-corrected chi connectivity index (χ3v) is 2.85. The van der Waals surface area contributed by atoms with Gasteiger partial charge in [-0.05, 0) is 34.4 Å². The minimum atomic E-state index is 0.0278. The fraction of sp³-hybridized carbons (Fsp3) is 0.636. The predicted molar refractivity (Wildman–Crippen MR) is 67.1 cm³/mol. The van der Waals surface area contributed by atoms with E-state index < -0.39 is 0 Å². The number of aliphatic hydroxyl groups excluding tert-OH is 1. The van der Waals surface area contributed by atoms with Gasteiger partial charge in [-0.1, -0.05) is 20.8 Å².